The molecule has 0 aromatic rings. The van der Waals surface area contributed by atoms with Gasteiger partial charge in [0, 0.05) is 13.0 Å². The number of carbonyl (C=O) groups excluding carboxylic acids is 1. The average Bonchev–Trinajstić information content (AvgIpc) is 2.45. The molecule has 126 valence electrons. The molecule has 0 rings (SSSR count). The van der Waals surface area contributed by atoms with Crippen LogP contribution in [0.15, 0.2) is 0 Å². The summed E-state index contributed by atoms with van der Waals surface area (Å²) in [6.45, 7) is 7.68. The number of hydrogen-bond donors (Lipinski definition) is 1. The van der Waals surface area contributed by atoms with E-state index in [2.05, 4.69) is 26.1 Å². The van der Waals surface area contributed by atoms with Gasteiger partial charge >= 0.3 is 0 Å². The molecule has 0 atom stereocenters. The SMILES string of the molecule is CCCCCCCCCC(=O)NCCCCCCC(C)C. The molecule has 0 bridgehead atoms. The van der Waals surface area contributed by atoms with Crippen LogP contribution in [0.25, 0.3) is 0 Å². The highest BCUT2D eigenvalue weighted by atomic mass is 16.1. The van der Waals surface area contributed by atoms with E-state index < -0.39 is 0 Å². The molecule has 0 spiro atoms. The Bertz CT molecular complexity index is 226. The van der Waals surface area contributed by atoms with E-state index in [1.54, 1.807) is 0 Å². The van der Waals surface area contributed by atoms with E-state index in [4.69, 9.17) is 0 Å². The van der Waals surface area contributed by atoms with E-state index in [1.165, 1.54) is 64.2 Å². The molecule has 0 aromatic heterocycles. The van der Waals surface area contributed by atoms with Gasteiger partial charge in [0.25, 0.3) is 0 Å². The summed E-state index contributed by atoms with van der Waals surface area (Å²) < 4.78 is 0. The van der Waals surface area contributed by atoms with Crippen LogP contribution in [0.1, 0.15) is 104 Å². The maximum Gasteiger partial charge on any atom is 0.219 e. The van der Waals surface area contributed by atoms with Gasteiger partial charge in [-0.2, -0.15) is 0 Å². The molecule has 2 heteroatoms. The molecular weight excluding hydrogens is 258 g/mol. The van der Waals surface area contributed by atoms with Crippen LogP contribution in [-0.4, -0.2) is 12.5 Å². The third kappa shape index (κ3) is 17.4. The minimum atomic E-state index is 0.255. The van der Waals surface area contributed by atoms with Crippen LogP contribution in [0.2, 0.25) is 0 Å². The normalized spacial score (nSPS) is 11.0. The summed E-state index contributed by atoms with van der Waals surface area (Å²) in [5.74, 6) is 1.08. The number of rotatable bonds is 15. The van der Waals surface area contributed by atoms with Crippen molar-refractivity contribution < 1.29 is 4.79 Å². The van der Waals surface area contributed by atoms with Gasteiger partial charge in [-0.3, -0.25) is 4.79 Å². The van der Waals surface area contributed by atoms with Crippen molar-refractivity contribution in [3.05, 3.63) is 0 Å². The van der Waals surface area contributed by atoms with E-state index in [0.29, 0.717) is 0 Å². The lowest BCUT2D eigenvalue weighted by Crippen LogP contribution is -2.23. The second-order valence-corrected chi connectivity index (χ2v) is 6.82. The van der Waals surface area contributed by atoms with Crippen LogP contribution in [0.5, 0.6) is 0 Å². The molecule has 0 aliphatic heterocycles. The summed E-state index contributed by atoms with van der Waals surface area (Å²) in [6.07, 6.45) is 16.0. The molecular formula is C19H39NO. The number of unbranched alkanes of at least 4 members (excludes halogenated alkanes) is 9. The fraction of sp³-hybridized carbons (Fsp3) is 0.947. The summed E-state index contributed by atoms with van der Waals surface area (Å²) in [6, 6.07) is 0. The van der Waals surface area contributed by atoms with Gasteiger partial charge in [-0.25, -0.2) is 0 Å². The van der Waals surface area contributed by atoms with Gasteiger partial charge in [-0.1, -0.05) is 85.0 Å². The maximum absolute atomic E-state index is 11.6. The Morgan fingerprint density at radius 3 is 2.05 bits per heavy atom. The first-order valence-electron chi connectivity index (χ1n) is 9.43. The first-order valence-corrected chi connectivity index (χ1v) is 9.43. The minimum absolute atomic E-state index is 0.255. The van der Waals surface area contributed by atoms with Gasteiger partial charge in [0.2, 0.25) is 5.91 Å². The summed E-state index contributed by atoms with van der Waals surface area (Å²) in [7, 11) is 0. The van der Waals surface area contributed by atoms with Gasteiger partial charge in [0.05, 0.1) is 0 Å². The van der Waals surface area contributed by atoms with Crippen LogP contribution in [0.4, 0.5) is 0 Å². The molecule has 0 fully saturated rings. The van der Waals surface area contributed by atoms with E-state index in [0.717, 1.165) is 31.7 Å². The highest BCUT2D eigenvalue weighted by Crippen LogP contribution is 2.09. The second kappa shape index (κ2) is 15.9. The van der Waals surface area contributed by atoms with Crippen LogP contribution in [0, 0.1) is 5.92 Å². The lowest BCUT2D eigenvalue weighted by Gasteiger charge is -2.06. The van der Waals surface area contributed by atoms with Crippen molar-refractivity contribution in [2.45, 2.75) is 104 Å². The Balaban J connectivity index is 3.16. The topological polar surface area (TPSA) is 29.1 Å². The van der Waals surface area contributed by atoms with E-state index in [1.807, 2.05) is 0 Å². The van der Waals surface area contributed by atoms with Crippen LogP contribution in [0.3, 0.4) is 0 Å². The lowest BCUT2D eigenvalue weighted by molar-refractivity contribution is -0.121. The summed E-state index contributed by atoms with van der Waals surface area (Å²) in [4.78, 5) is 11.6. The molecule has 1 N–H and O–H groups in total. The molecule has 0 saturated carbocycles. The fourth-order valence-electron chi connectivity index (χ4n) is 2.59. The Labute approximate surface area is 133 Å². The zero-order valence-electron chi connectivity index (χ0n) is 14.9. The zero-order chi connectivity index (χ0) is 15.8. The first kappa shape index (κ1) is 20.5. The first-order chi connectivity index (χ1) is 10.2. The molecule has 0 radical (unpaired) electrons. The van der Waals surface area contributed by atoms with Crippen molar-refractivity contribution in [2.24, 2.45) is 5.92 Å². The Hall–Kier alpha value is -0.530. The predicted octanol–water partition coefficient (Wildman–Crippen LogP) is 5.85. The molecule has 0 saturated heterocycles. The van der Waals surface area contributed by atoms with Crippen molar-refractivity contribution in [1.29, 1.82) is 0 Å². The smallest absolute Gasteiger partial charge is 0.219 e. The zero-order valence-corrected chi connectivity index (χ0v) is 14.9. The third-order valence-electron chi connectivity index (χ3n) is 4.04. The van der Waals surface area contributed by atoms with E-state index in [-0.39, 0.29) is 5.91 Å². The number of nitrogens with one attached hydrogen (secondary N) is 1. The Morgan fingerprint density at radius 2 is 1.38 bits per heavy atom. The van der Waals surface area contributed by atoms with Gasteiger partial charge < -0.3 is 5.32 Å². The van der Waals surface area contributed by atoms with Crippen molar-refractivity contribution in [3.63, 3.8) is 0 Å². The molecule has 0 aliphatic carbocycles. The molecule has 0 heterocycles. The van der Waals surface area contributed by atoms with Gasteiger partial charge in [-0.15, -0.1) is 0 Å². The maximum atomic E-state index is 11.6. The largest absolute Gasteiger partial charge is 0.356 e. The average molecular weight is 298 g/mol. The molecule has 0 unspecified atom stereocenters. The summed E-state index contributed by atoms with van der Waals surface area (Å²) in [5.41, 5.74) is 0. The minimum Gasteiger partial charge on any atom is -0.356 e. The Morgan fingerprint density at radius 1 is 0.810 bits per heavy atom. The van der Waals surface area contributed by atoms with Crippen molar-refractivity contribution in [2.75, 3.05) is 6.54 Å². The molecule has 1 amide bonds. The number of hydrogen-bond acceptors (Lipinski definition) is 1. The predicted molar refractivity (Wildman–Crippen MR) is 93.5 cm³/mol. The third-order valence-corrected chi connectivity index (χ3v) is 4.04. The fourth-order valence-corrected chi connectivity index (χ4v) is 2.59. The number of amides is 1. The van der Waals surface area contributed by atoms with Gasteiger partial charge in [0.15, 0.2) is 0 Å². The highest BCUT2D eigenvalue weighted by molar-refractivity contribution is 5.75. The Kier molecular flexibility index (Phi) is 15.5. The summed E-state index contributed by atoms with van der Waals surface area (Å²) in [5, 5.41) is 3.05. The quantitative estimate of drug-likeness (QED) is 0.377. The van der Waals surface area contributed by atoms with E-state index in [9.17, 15) is 4.79 Å². The molecule has 21 heavy (non-hydrogen) atoms. The van der Waals surface area contributed by atoms with Crippen LogP contribution >= 0.6 is 0 Å². The monoisotopic (exact) mass is 297 g/mol. The van der Waals surface area contributed by atoms with Crippen molar-refractivity contribution in [3.8, 4) is 0 Å². The summed E-state index contributed by atoms with van der Waals surface area (Å²) >= 11 is 0. The highest BCUT2D eigenvalue weighted by Gasteiger charge is 2.00. The van der Waals surface area contributed by atoms with E-state index >= 15 is 0 Å². The molecule has 2 nitrogen and oxygen atoms in total. The van der Waals surface area contributed by atoms with Gasteiger partial charge in [-0.05, 0) is 18.8 Å². The van der Waals surface area contributed by atoms with Crippen molar-refractivity contribution >= 4 is 5.91 Å². The molecule has 0 aliphatic rings. The van der Waals surface area contributed by atoms with Gasteiger partial charge in [0.1, 0.15) is 0 Å². The molecule has 0 aromatic carbocycles. The number of carbonyl (C=O) groups is 1. The lowest BCUT2D eigenvalue weighted by atomic mass is 10.0. The van der Waals surface area contributed by atoms with Crippen molar-refractivity contribution in [1.82, 2.24) is 5.32 Å². The van der Waals surface area contributed by atoms with Crippen LogP contribution in [-0.2, 0) is 4.79 Å². The second-order valence-electron chi connectivity index (χ2n) is 6.82. The standard InChI is InChI=1S/C19H39NO/c1-4-5-6-7-8-9-13-16-19(21)20-17-14-11-10-12-15-18(2)3/h18H,4-17H2,1-3H3,(H,20,21). The van der Waals surface area contributed by atoms with Crippen LogP contribution < -0.4 is 5.32 Å².